The summed E-state index contributed by atoms with van der Waals surface area (Å²) in [6.45, 7) is 10.5. The van der Waals surface area contributed by atoms with E-state index in [2.05, 4.69) is 45.1 Å². The summed E-state index contributed by atoms with van der Waals surface area (Å²) in [5.41, 5.74) is 1.24. The Labute approximate surface area is 105 Å². The standard InChI is InChI=1S/C15H25NO/c1-5-13(4)15(16-6-2)11-17-14-9-7-8-12(3)10-14/h7-10,13,15-16H,5-6,11H2,1-4H3. The van der Waals surface area contributed by atoms with Crippen molar-refractivity contribution in [3.05, 3.63) is 29.8 Å². The van der Waals surface area contributed by atoms with Crippen molar-refractivity contribution in [3.63, 3.8) is 0 Å². The van der Waals surface area contributed by atoms with Gasteiger partial charge in [0.25, 0.3) is 0 Å². The van der Waals surface area contributed by atoms with E-state index in [-0.39, 0.29) is 0 Å². The first-order valence-electron chi connectivity index (χ1n) is 6.60. The lowest BCUT2D eigenvalue weighted by Crippen LogP contribution is -2.39. The molecule has 2 heteroatoms. The van der Waals surface area contributed by atoms with E-state index in [1.54, 1.807) is 0 Å². The summed E-state index contributed by atoms with van der Waals surface area (Å²) >= 11 is 0. The largest absolute Gasteiger partial charge is 0.492 e. The molecule has 17 heavy (non-hydrogen) atoms. The number of aryl methyl sites for hydroxylation is 1. The normalized spacial score (nSPS) is 14.4. The number of hydrogen-bond donors (Lipinski definition) is 1. The minimum absolute atomic E-state index is 0.436. The Morgan fingerprint density at radius 3 is 2.65 bits per heavy atom. The molecule has 0 radical (unpaired) electrons. The van der Waals surface area contributed by atoms with E-state index >= 15 is 0 Å². The van der Waals surface area contributed by atoms with Gasteiger partial charge in [-0.3, -0.25) is 0 Å². The van der Waals surface area contributed by atoms with Crippen LogP contribution in [-0.2, 0) is 0 Å². The molecular formula is C15H25NO. The highest BCUT2D eigenvalue weighted by atomic mass is 16.5. The summed E-state index contributed by atoms with van der Waals surface area (Å²) in [4.78, 5) is 0. The molecule has 0 aliphatic rings. The lowest BCUT2D eigenvalue weighted by Gasteiger charge is -2.24. The van der Waals surface area contributed by atoms with Crippen LogP contribution in [-0.4, -0.2) is 19.2 Å². The van der Waals surface area contributed by atoms with Crippen molar-refractivity contribution in [1.82, 2.24) is 5.32 Å². The summed E-state index contributed by atoms with van der Waals surface area (Å²) in [7, 11) is 0. The van der Waals surface area contributed by atoms with Crippen molar-refractivity contribution in [3.8, 4) is 5.75 Å². The van der Waals surface area contributed by atoms with E-state index in [9.17, 15) is 0 Å². The molecule has 1 aromatic rings. The fraction of sp³-hybridized carbons (Fsp3) is 0.600. The van der Waals surface area contributed by atoms with Crippen molar-refractivity contribution >= 4 is 0 Å². The summed E-state index contributed by atoms with van der Waals surface area (Å²) in [6, 6.07) is 8.66. The van der Waals surface area contributed by atoms with Crippen molar-refractivity contribution in [2.75, 3.05) is 13.2 Å². The van der Waals surface area contributed by atoms with E-state index in [0.717, 1.165) is 18.9 Å². The van der Waals surface area contributed by atoms with Crippen LogP contribution < -0.4 is 10.1 Å². The van der Waals surface area contributed by atoms with Crippen LogP contribution in [0.2, 0.25) is 0 Å². The van der Waals surface area contributed by atoms with Crippen LogP contribution in [0.4, 0.5) is 0 Å². The minimum atomic E-state index is 0.436. The first-order valence-corrected chi connectivity index (χ1v) is 6.60. The van der Waals surface area contributed by atoms with E-state index in [1.165, 1.54) is 12.0 Å². The van der Waals surface area contributed by atoms with Gasteiger partial charge in [0.1, 0.15) is 12.4 Å². The summed E-state index contributed by atoms with van der Waals surface area (Å²) in [6.07, 6.45) is 1.18. The molecule has 0 fully saturated rings. The second-order valence-corrected chi connectivity index (χ2v) is 4.68. The van der Waals surface area contributed by atoms with E-state index < -0.39 is 0 Å². The summed E-state index contributed by atoms with van der Waals surface area (Å²) < 4.78 is 5.86. The Bertz CT molecular complexity index is 324. The highest BCUT2D eigenvalue weighted by molar-refractivity contribution is 5.27. The van der Waals surface area contributed by atoms with Gasteiger partial charge in [0.05, 0.1) is 0 Å². The van der Waals surface area contributed by atoms with Gasteiger partial charge in [-0.25, -0.2) is 0 Å². The Kier molecular flexibility index (Phi) is 6.06. The van der Waals surface area contributed by atoms with Crippen LogP contribution in [0.5, 0.6) is 5.75 Å². The van der Waals surface area contributed by atoms with Gasteiger partial charge >= 0.3 is 0 Å². The SMILES string of the molecule is CCNC(COc1cccc(C)c1)C(C)CC. The number of nitrogens with one attached hydrogen (secondary N) is 1. The molecule has 2 unspecified atom stereocenters. The zero-order chi connectivity index (χ0) is 12.7. The van der Waals surface area contributed by atoms with Gasteiger partial charge in [-0.1, -0.05) is 39.3 Å². The second-order valence-electron chi connectivity index (χ2n) is 4.68. The maximum atomic E-state index is 5.86. The average Bonchev–Trinajstić information content (AvgIpc) is 2.33. The lowest BCUT2D eigenvalue weighted by molar-refractivity contribution is 0.222. The predicted molar refractivity (Wildman–Crippen MR) is 73.6 cm³/mol. The molecule has 0 saturated heterocycles. The Morgan fingerprint density at radius 2 is 2.06 bits per heavy atom. The topological polar surface area (TPSA) is 21.3 Å². The molecule has 1 N–H and O–H groups in total. The fourth-order valence-corrected chi connectivity index (χ4v) is 1.86. The molecule has 1 aromatic carbocycles. The van der Waals surface area contributed by atoms with Crippen LogP contribution in [0.3, 0.4) is 0 Å². The van der Waals surface area contributed by atoms with E-state index in [0.29, 0.717) is 12.0 Å². The average molecular weight is 235 g/mol. The van der Waals surface area contributed by atoms with E-state index in [4.69, 9.17) is 4.74 Å². The Morgan fingerprint density at radius 1 is 1.29 bits per heavy atom. The van der Waals surface area contributed by atoms with Gasteiger partial charge in [0, 0.05) is 6.04 Å². The number of benzene rings is 1. The summed E-state index contributed by atoms with van der Waals surface area (Å²) in [5, 5.41) is 3.49. The molecule has 0 aliphatic heterocycles. The van der Waals surface area contributed by atoms with Crippen LogP contribution in [0.15, 0.2) is 24.3 Å². The van der Waals surface area contributed by atoms with Crippen LogP contribution in [0.1, 0.15) is 32.8 Å². The van der Waals surface area contributed by atoms with Gasteiger partial charge in [0.2, 0.25) is 0 Å². The monoisotopic (exact) mass is 235 g/mol. The Balaban J connectivity index is 2.51. The van der Waals surface area contributed by atoms with Crippen molar-refractivity contribution < 1.29 is 4.74 Å². The van der Waals surface area contributed by atoms with Crippen LogP contribution >= 0.6 is 0 Å². The first-order chi connectivity index (χ1) is 8.17. The van der Waals surface area contributed by atoms with Crippen LogP contribution in [0.25, 0.3) is 0 Å². The molecule has 0 spiro atoms. The number of ether oxygens (including phenoxy) is 1. The third kappa shape index (κ3) is 4.78. The maximum Gasteiger partial charge on any atom is 0.119 e. The fourth-order valence-electron chi connectivity index (χ4n) is 1.86. The zero-order valence-electron chi connectivity index (χ0n) is 11.5. The Hall–Kier alpha value is -1.02. The van der Waals surface area contributed by atoms with Crippen molar-refractivity contribution in [1.29, 1.82) is 0 Å². The molecule has 0 saturated carbocycles. The van der Waals surface area contributed by atoms with Gasteiger partial charge in [-0.05, 0) is 37.1 Å². The predicted octanol–water partition coefficient (Wildman–Crippen LogP) is 3.40. The number of rotatable bonds is 7. The molecule has 0 heterocycles. The highest BCUT2D eigenvalue weighted by Crippen LogP contribution is 2.14. The van der Waals surface area contributed by atoms with Gasteiger partial charge in [-0.2, -0.15) is 0 Å². The van der Waals surface area contributed by atoms with Crippen LogP contribution in [0, 0.1) is 12.8 Å². The molecule has 0 bridgehead atoms. The molecule has 96 valence electrons. The lowest BCUT2D eigenvalue weighted by atomic mass is 10.00. The third-order valence-electron chi connectivity index (χ3n) is 3.22. The third-order valence-corrected chi connectivity index (χ3v) is 3.22. The molecule has 1 rings (SSSR count). The quantitative estimate of drug-likeness (QED) is 0.782. The highest BCUT2D eigenvalue weighted by Gasteiger charge is 2.15. The number of hydrogen-bond acceptors (Lipinski definition) is 2. The minimum Gasteiger partial charge on any atom is -0.492 e. The molecule has 2 nitrogen and oxygen atoms in total. The van der Waals surface area contributed by atoms with Gasteiger partial charge in [0.15, 0.2) is 0 Å². The molecule has 0 aromatic heterocycles. The second kappa shape index (κ2) is 7.33. The number of likely N-dealkylation sites (N-methyl/N-ethyl adjacent to an activating group) is 1. The van der Waals surface area contributed by atoms with Gasteiger partial charge < -0.3 is 10.1 Å². The molecule has 2 atom stereocenters. The van der Waals surface area contributed by atoms with Crippen molar-refractivity contribution in [2.45, 2.75) is 40.2 Å². The smallest absolute Gasteiger partial charge is 0.119 e. The van der Waals surface area contributed by atoms with Gasteiger partial charge in [-0.15, -0.1) is 0 Å². The molecule has 0 aliphatic carbocycles. The first kappa shape index (κ1) is 14.0. The summed E-state index contributed by atoms with van der Waals surface area (Å²) in [5.74, 6) is 1.61. The zero-order valence-corrected chi connectivity index (χ0v) is 11.5. The molecule has 0 amide bonds. The maximum absolute atomic E-state index is 5.86. The molecular weight excluding hydrogens is 210 g/mol. The van der Waals surface area contributed by atoms with E-state index in [1.807, 2.05) is 12.1 Å². The van der Waals surface area contributed by atoms with Crippen molar-refractivity contribution in [2.24, 2.45) is 5.92 Å².